The van der Waals surface area contributed by atoms with Crippen molar-refractivity contribution in [3.8, 4) is 23.1 Å². The summed E-state index contributed by atoms with van der Waals surface area (Å²) >= 11 is 0. The molecule has 0 fully saturated rings. The van der Waals surface area contributed by atoms with Crippen molar-refractivity contribution in [1.82, 2.24) is 8.87 Å². The lowest BCUT2D eigenvalue weighted by molar-refractivity contribution is 0.292. The maximum Gasteiger partial charge on any atom is 0.427 e. The van der Waals surface area contributed by atoms with Crippen molar-refractivity contribution in [2.75, 3.05) is 19.8 Å². The van der Waals surface area contributed by atoms with Crippen molar-refractivity contribution in [2.45, 2.75) is 161 Å². The van der Waals surface area contributed by atoms with Gasteiger partial charge in [-0.2, -0.15) is 0 Å². The van der Waals surface area contributed by atoms with E-state index in [0.717, 1.165) is 52.3 Å². The third-order valence-electron chi connectivity index (χ3n) is 12.3. The summed E-state index contributed by atoms with van der Waals surface area (Å²) in [4.78, 5) is 18.2. The third-order valence-corrected chi connectivity index (χ3v) is 14.1. The van der Waals surface area contributed by atoms with E-state index in [0.29, 0.717) is 12.4 Å². The predicted octanol–water partition coefficient (Wildman–Crippen LogP) is 12.1. The highest BCUT2D eigenvalue weighted by Gasteiger charge is 2.39. The lowest BCUT2D eigenvalue weighted by Gasteiger charge is -2.31. The van der Waals surface area contributed by atoms with E-state index in [1.165, 1.54) is 69.4 Å². The van der Waals surface area contributed by atoms with Crippen molar-refractivity contribution < 1.29 is 27.4 Å². The lowest BCUT2D eigenvalue weighted by atomic mass is 9.76. The van der Waals surface area contributed by atoms with E-state index in [-0.39, 0.29) is 58.3 Å². The number of hydrogen-bond donors (Lipinski definition) is 1. The van der Waals surface area contributed by atoms with Gasteiger partial charge < -0.3 is 19.0 Å². The summed E-state index contributed by atoms with van der Waals surface area (Å²) in [5.74, 6) is -0.838. The van der Waals surface area contributed by atoms with Gasteiger partial charge >= 0.3 is 5.76 Å². The molecular formula is C49H69N3O7S. The first-order valence-electron chi connectivity index (χ1n) is 22.4. The molecule has 3 aromatic carbocycles. The van der Waals surface area contributed by atoms with Crippen LogP contribution in [0.1, 0.15) is 162 Å². The highest BCUT2D eigenvalue weighted by Crippen LogP contribution is 2.40. The Morgan fingerprint density at radius 3 is 1.95 bits per heavy atom. The third kappa shape index (κ3) is 11.2. The van der Waals surface area contributed by atoms with Crippen LogP contribution in [0.5, 0.6) is 17.4 Å². The largest absolute Gasteiger partial charge is 0.493 e. The van der Waals surface area contributed by atoms with Gasteiger partial charge in [0.1, 0.15) is 16.4 Å². The molecule has 1 N–H and O–H groups in total. The molecule has 1 aromatic heterocycles. The summed E-state index contributed by atoms with van der Waals surface area (Å²) in [6, 6.07) is 19.7. The first-order valence-corrected chi connectivity index (χ1v) is 23.9. The van der Waals surface area contributed by atoms with E-state index in [1.54, 1.807) is 42.5 Å². The first kappa shape index (κ1) is 46.6. The number of aromatic hydroxyl groups is 1. The van der Waals surface area contributed by atoms with Crippen molar-refractivity contribution in [3.05, 3.63) is 94.2 Å². The molecule has 1 aliphatic rings. The monoisotopic (exact) mass is 843 g/mol. The number of aromatic nitrogens is 1. The fourth-order valence-electron chi connectivity index (χ4n) is 7.56. The molecule has 0 radical (unpaired) electrons. The van der Waals surface area contributed by atoms with Crippen LogP contribution in [0.25, 0.3) is 5.69 Å². The fourth-order valence-corrected chi connectivity index (χ4v) is 9.15. The Morgan fingerprint density at radius 1 is 0.700 bits per heavy atom. The zero-order valence-corrected chi connectivity index (χ0v) is 38.0. The number of aliphatic imine (C=N–C) groups is 1. The molecule has 0 atom stereocenters. The van der Waals surface area contributed by atoms with Gasteiger partial charge in [0, 0.05) is 18.5 Å². The normalized spacial score (nSPS) is 13.9. The van der Waals surface area contributed by atoms with Crippen LogP contribution >= 0.6 is 0 Å². The second-order valence-electron chi connectivity index (χ2n) is 17.4. The number of ether oxygens (including phenoxy) is 2. The smallest absolute Gasteiger partial charge is 0.427 e. The highest BCUT2D eigenvalue weighted by atomic mass is 32.2. The fraction of sp³-hybridized carbons (Fsp3) is 0.551. The van der Waals surface area contributed by atoms with Crippen LogP contribution in [0.3, 0.4) is 0 Å². The van der Waals surface area contributed by atoms with Gasteiger partial charge in [-0.15, -0.1) is 0 Å². The second kappa shape index (κ2) is 21.3. The maximum atomic E-state index is 14.2. The van der Waals surface area contributed by atoms with Gasteiger partial charge in [0.2, 0.25) is 11.6 Å². The van der Waals surface area contributed by atoms with Gasteiger partial charge in [-0.05, 0) is 66.0 Å². The standard InChI is InChI=1S/C49H69N3O7S/c1-8-11-12-13-14-15-16-17-18-19-20-25-34-58-42-29-23-22-28-40(42)52-46(53)44(59-47(52)54)45-50-39-27-21-24-30-43(39)60(55,56)51(45)33-26-35-57-41-32-31-37(48(4,5)9-2)36-38(41)49(6,7)10-3/h21-24,27-32,36,53H,8-20,25-26,33-35H2,1-7H3. The Kier molecular flexibility index (Phi) is 16.6. The molecule has 0 aliphatic carbocycles. The average Bonchev–Trinajstić information content (AvgIpc) is 3.54. The van der Waals surface area contributed by atoms with Crippen LogP contribution < -0.4 is 15.2 Å². The molecule has 1 aliphatic heterocycles. The first-order chi connectivity index (χ1) is 28.8. The van der Waals surface area contributed by atoms with E-state index < -0.39 is 21.7 Å². The Morgan fingerprint density at radius 2 is 1.28 bits per heavy atom. The summed E-state index contributed by atoms with van der Waals surface area (Å²) < 4.78 is 48.8. The second-order valence-corrected chi connectivity index (χ2v) is 19.3. The number of sulfonamides is 1. The number of fused-ring (bicyclic) bond motifs is 1. The number of rotatable bonds is 25. The van der Waals surface area contributed by atoms with Gasteiger partial charge in [0.15, 0.2) is 5.84 Å². The maximum absolute atomic E-state index is 14.2. The molecule has 2 heterocycles. The number of para-hydroxylation sites is 3. The van der Waals surface area contributed by atoms with E-state index in [4.69, 9.17) is 13.9 Å². The zero-order chi connectivity index (χ0) is 43.3. The molecule has 328 valence electrons. The quantitative estimate of drug-likeness (QED) is 0.0659. The summed E-state index contributed by atoms with van der Waals surface area (Å²) in [7, 11) is -4.17. The van der Waals surface area contributed by atoms with Gasteiger partial charge in [0.05, 0.1) is 24.6 Å². The van der Waals surface area contributed by atoms with Crippen LogP contribution in [0.2, 0.25) is 0 Å². The number of hydrogen-bond acceptors (Lipinski definition) is 8. The van der Waals surface area contributed by atoms with Gasteiger partial charge in [-0.1, -0.05) is 155 Å². The van der Waals surface area contributed by atoms with Crippen LogP contribution in [0, 0.1) is 0 Å². The molecule has 10 nitrogen and oxygen atoms in total. The molecule has 4 aromatic rings. The van der Waals surface area contributed by atoms with Gasteiger partial charge in [0.25, 0.3) is 10.0 Å². The minimum atomic E-state index is -4.17. The molecule has 0 bridgehead atoms. The van der Waals surface area contributed by atoms with E-state index in [1.807, 2.05) is 6.07 Å². The summed E-state index contributed by atoms with van der Waals surface area (Å²) in [5.41, 5.74) is 2.68. The minimum absolute atomic E-state index is 0.00627. The Hall–Kier alpha value is -4.51. The summed E-state index contributed by atoms with van der Waals surface area (Å²) in [6.07, 6.45) is 17.0. The van der Waals surface area contributed by atoms with Crippen molar-refractivity contribution in [2.24, 2.45) is 4.99 Å². The lowest BCUT2D eigenvalue weighted by Crippen LogP contribution is -2.40. The topological polar surface area (TPSA) is 124 Å². The molecular weight excluding hydrogens is 775 g/mol. The highest BCUT2D eigenvalue weighted by molar-refractivity contribution is 7.90. The summed E-state index contributed by atoms with van der Waals surface area (Å²) in [6.45, 7) is 16.1. The van der Waals surface area contributed by atoms with Gasteiger partial charge in [-0.3, -0.25) is 0 Å². The van der Waals surface area contributed by atoms with Crippen LogP contribution in [0.15, 0.2) is 85.8 Å². The molecule has 0 saturated carbocycles. The molecule has 0 spiro atoms. The Balaban J connectivity index is 1.30. The number of nitrogens with zero attached hydrogens (tertiary/aromatic N) is 3. The van der Waals surface area contributed by atoms with Gasteiger partial charge in [-0.25, -0.2) is 27.1 Å². The molecule has 0 saturated heterocycles. The average molecular weight is 844 g/mol. The Labute approximate surface area is 359 Å². The zero-order valence-electron chi connectivity index (χ0n) is 37.2. The van der Waals surface area contributed by atoms with E-state index in [2.05, 4.69) is 65.6 Å². The SMILES string of the molecule is CCCCCCCCCCCCCCOc1ccccc1-n1c(O)c(C2=Nc3ccccc3S(=O)(=O)N2CCCOc2ccc(C(C)(C)CC)cc2C(C)(C)CC)oc1=O. The summed E-state index contributed by atoms with van der Waals surface area (Å²) in [5, 5.41) is 11.7. The number of amidine groups is 1. The molecule has 60 heavy (non-hydrogen) atoms. The molecule has 11 heteroatoms. The minimum Gasteiger partial charge on any atom is -0.493 e. The molecule has 0 amide bonds. The predicted molar refractivity (Wildman–Crippen MR) is 242 cm³/mol. The molecule has 0 unspecified atom stereocenters. The van der Waals surface area contributed by atoms with Crippen LogP contribution in [-0.2, 0) is 20.9 Å². The number of oxazole rings is 1. The molecule has 5 rings (SSSR count). The number of benzene rings is 3. The van der Waals surface area contributed by atoms with Crippen molar-refractivity contribution >= 4 is 21.5 Å². The van der Waals surface area contributed by atoms with Crippen molar-refractivity contribution in [1.29, 1.82) is 0 Å². The van der Waals surface area contributed by atoms with Crippen LogP contribution in [-0.4, -0.2) is 48.0 Å². The van der Waals surface area contributed by atoms with Crippen LogP contribution in [0.4, 0.5) is 5.69 Å². The van der Waals surface area contributed by atoms with Crippen molar-refractivity contribution in [3.63, 3.8) is 0 Å². The van der Waals surface area contributed by atoms with E-state index in [9.17, 15) is 18.3 Å². The number of unbranched alkanes of at least 4 members (excludes halogenated alkanes) is 11. The van der Waals surface area contributed by atoms with E-state index >= 15 is 0 Å². The Bertz CT molecular complexity index is 2200.